The Balaban J connectivity index is 1.30. The lowest BCUT2D eigenvalue weighted by Crippen LogP contribution is -2.26. The van der Waals surface area contributed by atoms with E-state index in [1.807, 2.05) is 30.3 Å². The van der Waals surface area contributed by atoms with E-state index in [0.29, 0.717) is 22.2 Å². The minimum Gasteiger partial charge on any atom is -0.435 e. The third-order valence-corrected chi connectivity index (χ3v) is 6.80. The van der Waals surface area contributed by atoms with E-state index in [4.69, 9.17) is 4.74 Å². The molecule has 0 atom stereocenters. The Labute approximate surface area is 225 Å². The maximum atomic E-state index is 15.2. The maximum Gasteiger partial charge on any atom is 0.261 e. The summed E-state index contributed by atoms with van der Waals surface area (Å²) in [6.45, 7) is 1.61. The van der Waals surface area contributed by atoms with Gasteiger partial charge in [0.2, 0.25) is 11.3 Å². The van der Waals surface area contributed by atoms with Crippen LogP contribution in [0.1, 0.15) is 16.1 Å². The zero-order chi connectivity index (χ0) is 28.0. The molecule has 0 spiro atoms. The standard InChI is InChI=1S/C30H21F2N5O3/c1-16-25(27(38)20-12-18(31)8-10-23(20)37(16)2)29(39)36-19-9-11-24(22(32)13-19)40-30-26-21(17-6-4-3-5-7-17)14-33-28(26)34-15-35-30/h3-15H,1-2H3,(H,36,39)(H,33,34,35). The van der Waals surface area contributed by atoms with Crippen molar-refractivity contribution in [3.8, 4) is 22.8 Å². The van der Waals surface area contributed by atoms with Crippen molar-refractivity contribution < 1.29 is 18.3 Å². The number of ether oxygens (including phenoxy) is 1. The summed E-state index contributed by atoms with van der Waals surface area (Å²) in [5, 5.41) is 3.22. The molecule has 3 aromatic carbocycles. The van der Waals surface area contributed by atoms with Gasteiger partial charge in [-0.25, -0.2) is 18.7 Å². The van der Waals surface area contributed by atoms with E-state index >= 15 is 4.39 Å². The molecule has 2 N–H and O–H groups in total. The number of anilines is 1. The lowest BCUT2D eigenvalue weighted by molar-refractivity contribution is 0.102. The second-order valence-corrected chi connectivity index (χ2v) is 9.18. The monoisotopic (exact) mass is 537 g/mol. The number of amides is 1. The molecule has 8 nitrogen and oxygen atoms in total. The molecule has 0 fully saturated rings. The number of hydrogen-bond acceptors (Lipinski definition) is 5. The van der Waals surface area contributed by atoms with Gasteiger partial charge in [-0.05, 0) is 42.8 Å². The third-order valence-electron chi connectivity index (χ3n) is 6.80. The smallest absolute Gasteiger partial charge is 0.261 e. The van der Waals surface area contributed by atoms with Crippen molar-refractivity contribution in [3.63, 3.8) is 0 Å². The largest absolute Gasteiger partial charge is 0.435 e. The molecular formula is C30H21F2N5O3. The Morgan fingerprint density at radius 2 is 1.82 bits per heavy atom. The molecule has 0 bridgehead atoms. The van der Waals surface area contributed by atoms with Crippen LogP contribution in [0.15, 0.2) is 84.0 Å². The van der Waals surface area contributed by atoms with Gasteiger partial charge in [-0.15, -0.1) is 0 Å². The first-order valence-electron chi connectivity index (χ1n) is 12.3. The molecule has 6 rings (SSSR count). The Morgan fingerprint density at radius 1 is 1.02 bits per heavy atom. The summed E-state index contributed by atoms with van der Waals surface area (Å²) in [7, 11) is 1.68. The van der Waals surface area contributed by atoms with E-state index in [1.165, 1.54) is 30.6 Å². The number of nitrogens with zero attached hydrogens (tertiary/aromatic N) is 3. The maximum absolute atomic E-state index is 15.2. The molecule has 0 unspecified atom stereocenters. The molecule has 3 heterocycles. The van der Waals surface area contributed by atoms with Crippen molar-refractivity contribution in [3.05, 3.63) is 112 Å². The van der Waals surface area contributed by atoms with Crippen molar-refractivity contribution in [2.24, 2.45) is 7.05 Å². The fourth-order valence-corrected chi connectivity index (χ4v) is 4.71. The fraction of sp³-hybridized carbons (Fsp3) is 0.0667. The molecule has 0 radical (unpaired) electrons. The zero-order valence-corrected chi connectivity index (χ0v) is 21.3. The average molecular weight is 538 g/mol. The van der Waals surface area contributed by atoms with Crippen LogP contribution >= 0.6 is 0 Å². The number of aromatic nitrogens is 4. The Morgan fingerprint density at radius 3 is 2.60 bits per heavy atom. The Hall–Kier alpha value is -5.38. The van der Waals surface area contributed by atoms with Gasteiger partial charge >= 0.3 is 0 Å². The van der Waals surface area contributed by atoms with Crippen LogP contribution in [0.5, 0.6) is 11.6 Å². The van der Waals surface area contributed by atoms with Crippen molar-refractivity contribution in [1.29, 1.82) is 0 Å². The number of hydrogen-bond donors (Lipinski definition) is 2. The van der Waals surface area contributed by atoms with Crippen molar-refractivity contribution >= 4 is 33.5 Å². The molecule has 0 aliphatic rings. The van der Waals surface area contributed by atoms with Crippen LogP contribution in [0.3, 0.4) is 0 Å². The topological polar surface area (TPSA) is 102 Å². The van der Waals surface area contributed by atoms with Crippen LogP contribution in [0, 0.1) is 18.6 Å². The number of carbonyl (C=O) groups is 1. The average Bonchev–Trinajstić information content (AvgIpc) is 3.39. The lowest BCUT2D eigenvalue weighted by atomic mass is 10.1. The van der Waals surface area contributed by atoms with E-state index in [9.17, 15) is 14.0 Å². The fourth-order valence-electron chi connectivity index (χ4n) is 4.71. The summed E-state index contributed by atoms with van der Waals surface area (Å²) >= 11 is 0. The first kappa shape index (κ1) is 24.9. The van der Waals surface area contributed by atoms with Crippen LogP contribution in [0.2, 0.25) is 0 Å². The summed E-state index contributed by atoms with van der Waals surface area (Å²) < 4.78 is 36.5. The molecule has 6 aromatic rings. The van der Waals surface area contributed by atoms with Gasteiger partial charge in [0.15, 0.2) is 11.6 Å². The zero-order valence-electron chi connectivity index (χ0n) is 21.3. The number of fused-ring (bicyclic) bond motifs is 2. The first-order chi connectivity index (χ1) is 19.3. The van der Waals surface area contributed by atoms with Gasteiger partial charge in [0.1, 0.15) is 23.4 Å². The van der Waals surface area contributed by atoms with Gasteiger partial charge < -0.3 is 19.6 Å². The van der Waals surface area contributed by atoms with Crippen molar-refractivity contribution in [1.82, 2.24) is 19.5 Å². The van der Waals surface area contributed by atoms with Crippen molar-refractivity contribution in [2.75, 3.05) is 5.32 Å². The number of rotatable bonds is 5. The second-order valence-electron chi connectivity index (χ2n) is 9.18. The number of pyridine rings is 1. The van der Waals surface area contributed by atoms with E-state index in [0.717, 1.165) is 23.3 Å². The molecule has 198 valence electrons. The van der Waals surface area contributed by atoms with Crippen LogP contribution < -0.4 is 15.5 Å². The molecule has 40 heavy (non-hydrogen) atoms. The molecule has 10 heteroatoms. The predicted octanol–water partition coefficient (Wildman–Crippen LogP) is 6.11. The van der Waals surface area contributed by atoms with Crippen molar-refractivity contribution in [2.45, 2.75) is 6.92 Å². The van der Waals surface area contributed by atoms with E-state index in [1.54, 1.807) is 24.7 Å². The quantitative estimate of drug-likeness (QED) is 0.276. The normalized spacial score (nSPS) is 11.2. The molecular weight excluding hydrogens is 516 g/mol. The molecule has 0 saturated carbocycles. The number of carbonyl (C=O) groups excluding carboxylic acids is 1. The van der Waals surface area contributed by atoms with Crippen LogP contribution in [-0.4, -0.2) is 25.4 Å². The number of aromatic amines is 1. The van der Waals surface area contributed by atoms with Gasteiger partial charge in [-0.1, -0.05) is 30.3 Å². The highest BCUT2D eigenvalue weighted by molar-refractivity contribution is 6.07. The number of nitrogens with one attached hydrogen (secondary N) is 2. The Kier molecular flexibility index (Phi) is 6.07. The van der Waals surface area contributed by atoms with Gasteiger partial charge in [-0.3, -0.25) is 9.59 Å². The van der Waals surface area contributed by atoms with Crippen LogP contribution in [0.4, 0.5) is 14.5 Å². The number of aryl methyl sites for hydroxylation is 1. The number of benzene rings is 3. The molecule has 0 aliphatic carbocycles. The summed E-state index contributed by atoms with van der Waals surface area (Å²) in [5.74, 6) is -2.05. The summed E-state index contributed by atoms with van der Waals surface area (Å²) in [6, 6.07) is 17.3. The Bertz CT molecular complexity index is 2000. The molecule has 0 saturated heterocycles. The molecule has 1 amide bonds. The summed E-state index contributed by atoms with van der Waals surface area (Å²) in [4.78, 5) is 37.7. The molecule has 0 aliphatic heterocycles. The minimum atomic E-state index is -0.758. The highest BCUT2D eigenvalue weighted by atomic mass is 19.1. The van der Waals surface area contributed by atoms with Gasteiger partial charge in [0, 0.05) is 41.6 Å². The third kappa shape index (κ3) is 4.25. The predicted molar refractivity (Wildman–Crippen MR) is 148 cm³/mol. The lowest BCUT2D eigenvalue weighted by Gasteiger charge is -2.15. The highest BCUT2D eigenvalue weighted by Gasteiger charge is 2.21. The van der Waals surface area contributed by atoms with Crippen LogP contribution in [0.25, 0.3) is 33.1 Å². The number of halogens is 2. The van der Waals surface area contributed by atoms with E-state index in [2.05, 4.69) is 20.3 Å². The SMILES string of the molecule is Cc1c(C(=O)Nc2ccc(Oc3ncnc4[nH]cc(-c5ccccc5)c34)c(F)c2)c(=O)c2cc(F)ccc2n1C. The highest BCUT2D eigenvalue weighted by Crippen LogP contribution is 2.36. The first-order valence-corrected chi connectivity index (χ1v) is 12.3. The number of H-pyrrole nitrogens is 1. The van der Waals surface area contributed by atoms with Crippen LogP contribution in [-0.2, 0) is 7.05 Å². The second kappa shape index (κ2) is 9.73. The summed E-state index contributed by atoms with van der Waals surface area (Å²) in [5.41, 5.74) is 2.44. The van der Waals surface area contributed by atoms with Gasteiger partial charge in [0.25, 0.3) is 5.91 Å². The van der Waals surface area contributed by atoms with E-state index in [-0.39, 0.29) is 28.3 Å². The van der Waals surface area contributed by atoms with Gasteiger partial charge in [0.05, 0.1) is 10.9 Å². The minimum absolute atomic E-state index is 0.0731. The van der Waals surface area contributed by atoms with E-state index < -0.39 is 23.0 Å². The summed E-state index contributed by atoms with van der Waals surface area (Å²) in [6.07, 6.45) is 3.09. The van der Waals surface area contributed by atoms with Gasteiger partial charge in [-0.2, -0.15) is 0 Å². The molecule has 3 aromatic heterocycles.